The molecule has 0 aliphatic rings. The van der Waals surface area contributed by atoms with Crippen LogP contribution >= 0.6 is 11.3 Å². The smallest absolute Gasteiger partial charge is 0.271 e. The number of hydrogen-bond donors (Lipinski definition) is 2. The Hall–Kier alpha value is -3.52. The molecule has 2 heterocycles. The van der Waals surface area contributed by atoms with Crippen molar-refractivity contribution in [2.24, 2.45) is 0 Å². The number of aryl methyl sites for hydroxylation is 2. The number of hydrogen-bond acceptors (Lipinski definition) is 4. The molecule has 0 bridgehead atoms. The largest absolute Gasteiger partial charge is 0.318 e. The number of nitrogens with one attached hydrogen (secondary N) is 2. The number of thiazole rings is 1. The lowest BCUT2D eigenvalue weighted by atomic mass is 10.2. The zero-order chi connectivity index (χ0) is 22.0. The predicted octanol–water partition coefficient (Wildman–Crippen LogP) is 4.24. The molecule has 0 unspecified atom stereocenters. The van der Waals surface area contributed by atoms with E-state index in [0.717, 1.165) is 26.6 Å². The second-order valence-corrected chi connectivity index (χ2v) is 8.29. The van der Waals surface area contributed by atoms with Gasteiger partial charge in [-0.2, -0.15) is 0 Å². The maximum absolute atomic E-state index is 13.2. The van der Waals surface area contributed by atoms with Gasteiger partial charge in [-0.15, -0.1) is 11.3 Å². The van der Waals surface area contributed by atoms with Crippen LogP contribution in [0.2, 0.25) is 0 Å². The molecule has 0 fully saturated rings. The van der Waals surface area contributed by atoms with Crippen LogP contribution in [0.3, 0.4) is 0 Å². The summed E-state index contributed by atoms with van der Waals surface area (Å²) in [7, 11) is 0. The monoisotopic (exact) mass is 436 g/mol. The molecule has 2 aromatic carbocycles. The molecule has 0 aliphatic heterocycles. The number of para-hydroxylation sites is 1. The van der Waals surface area contributed by atoms with Crippen molar-refractivity contribution in [3.8, 4) is 5.69 Å². The van der Waals surface area contributed by atoms with Crippen LogP contribution in [0, 0.1) is 19.7 Å². The molecule has 4 aromatic rings. The van der Waals surface area contributed by atoms with Crippen molar-refractivity contribution in [3.05, 3.63) is 82.4 Å². The summed E-state index contributed by atoms with van der Waals surface area (Å²) in [5.41, 5.74) is 8.59. The highest BCUT2D eigenvalue weighted by molar-refractivity contribution is 7.18. The molecule has 6 nitrogen and oxygen atoms in total. The van der Waals surface area contributed by atoms with E-state index in [9.17, 15) is 14.0 Å². The van der Waals surface area contributed by atoms with Crippen LogP contribution in [-0.4, -0.2) is 21.4 Å². The van der Waals surface area contributed by atoms with Crippen LogP contribution in [0.5, 0.6) is 0 Å². The Morgan fingerprint density at radius 1 is 1.06 bits per heavy atom. The molecule has 0 radical (unpaired) electrons. The second-order valence-electron chi connectivity index (χ2n) is 7.17. The van der Waals surface area contributed by atoms with Crippen LogP contribution in [0.15, 0.2) is 54.6 Å². The number of rotatable bonds is 5. The van der Waals surface area contributed by atoms with Crippen LogP contribution in [0.1, 0.15) is 33.2 Å². The van der Waals surface area contributed by atoms with E-state index >= 15 is 0 Å². The summed E-state index contributed by atoms with van der Waals surface area (Å²) in [5.74, 6) is -1.02. The lowest BCUT2D eigenvalue weighted by Crippen LogP contribution is -2.41. The number of carbonyl (C=O) groups excluding carboxylic acids is 2. The molecule has 0 spiro atoms. The van der Waals surface area contributed by atoms with Crippen molar-refractivity contribution < 1.29 is 14.0 Å². The van der Waals surface area contributed by atoms with Crippen LogP contribution in [-0.2, 0) is 11.2 Å². The van der Waals surface area contributed by atoms with E-state index in [4.69, 9.17) is 0 Å². The lowest BCUT2D eigenvalue weighted by Gasteiger charge is -2.10. The normalized spacial score (nSPS) is 10.9. The van der Waals surface area contributed by atoms with Gasteiger partial charge in [0.05, 0.1) is 20.8 Å². The minimum Gasteiger partial charge on any atom is -0.318 e. The summed E-state index contributed by atoms with van der Waals surface area (Å²) < 4.78 is 16.2. The lowest BCUT2D eigenvalue weighted by molar-refractivity contribution is -0.121. The van der Waals surface area contributed by atoms with E-state index < -0.39 is 5.91 Å². The molecule has 2 N–H and O–H groups in total. The van der Waals surface area contributed by atoms with Crippen molar-refractivity contribution in [2.75, 3.05) is 0 Å². The third-order valence-electron chi connectivity index (χ3n) is 4.98. The highest BCUT2D eigenvalue weighted by Gasteiger charge is 2.17. The van der Waals surface area contributed by atoms with Crippen molar-refractivity contribution in [2.45, 2.75) is 26.7 Å². The van der Waals surface area contributed by atoms with Crippen molar-refractivity contribution in [1.82, 2.24) is 20.4 Å². The Morgan fingerprint density at radius 2 is 1.81 bits per heavy atom. The molecule has 4 rings (SSSR count). The van der Waals surface area contributed by atoms with Gasteiger partial charge < -0.3 is 4.57 Å². The number of carbonyl (C=O) groups is 2. The predicted molar refractivity (Wildman–Crippen MR) is 119 cm³/mol. The van der Waals surface area contributed by atoms with E-state index in [-0.39, 0.29) is 18.1 Å². The fourth-order valence-corrected chi connectivity index (χ4v) is 4.45. The van der Waals surface area contributed by atoms with Gasteiger partial charge in [0.25, 0.3) is 5.91 Å². The first-order valence-corrected chi connectivity index (χ1v) is 10.6. The minimum atomic E-state index is -0.408. The molecule has 31 heavy (non-hydrogen) atoms. The highest BCUT2D eigenvalue weighted by Crippen LogP contribution is 2.23. The van der Waals surface area contributed by atoms with Gasteiger partial charge in [0.2, 0.25) is 5.91 Å². The number of hydrazine groups is 1. The van der Waals surface area contributed by atoms with Crippen molar-refractivity contribution in [1.29, 1.82) is 0 Å². The van der Waals surface area contributed by atoms with Gasteiger partial charge in [0.1, 0.15) is 5.82 Å². The Bertz CT molecular complexity index is 1230. The van der Waals surface area contributed by atoms with Gasteiger partial charge in [-0.3, -0.25) is 20.4 Å². The molecule has 0 saturated carbocycles. The van der Waals surface area contributed by atoms with Gasteiger partial charge in [-0.25, -0.2) is 9.37 Å². The summed E-state index contributed by atoms with van der Waals surface area (Å²) in [6.07, 6.45) is 0.717. The van der Waals surface area contributed by atoms with E-state index in [1.165, 1.54) is 12.1 Å². The third-order valence-corrected chi connectivity index (χ3v) is 6.08. The number of nitrogens with zero attached hydrogens (tertiary/aromatic N) is 2. The third kappa shape index (κ3) is 4.49. The highest BCUT2D eigenvalue weighted by atomic mass is 32.1. The Kier molecular flexibility index (Phi) is 5.81. The summed E-state index contributed by atoms with van der Waals surface area (Å²) >= 11 is 1.56. The van der Waals surface area contributed by atoms with Gasteiger partial charge in [0, 0.05) is 29.9 Å². The maximum atomic E-state index is 13.2. The molecular formula is C23H21FN4O2S. The number of benzene rings is 2. The zero-order valence-electron chi connectivity index (χ0n) is 17.1. The van der Waals surface area contributed by atoms with Gasteiger partial charge in [-0.1, -0.05) is 12.1 Å². The van der Waals surface area contributed by atoms with Gasteiger partial charge in [-0.05, 0) is 56.3 Å². The van der Waals surface area contributed by atoms with E-state index in [2.05, 4.69) is 15.8 Å². The molecule has 8 heteroatoms. The zero-order valence-corrected chi connectivity index (χ0v) is 17.9. The van der Waals surface area contributed by atoms with Crippen molar-refractivity contribution in [3.63, 3.8) is 0 Å². The fraction of sp³-hybridized carbons (Fsp3) is 0.174. The summed E-state index contributed by atoms with van der Waals surface area (Å²) in [4.78, 5) is 29.3. The maximum Gasteiger partial charge on any atom is 0.271 e. The number of aromatic nitrogens is 2. The Balaban J connectivity index is 1.36. The van der Waals surface area contributed by atoms with E-state index in [1.54, 1.807) is 36.5 Å². The van der Waals surface area contributed by atoms with Crippen LogP contribution < -0.4 is 10.9 Å². The van der Waals surface area contributed by atoms with Crippen LogP contribution in [0.4, 0.5) is 4.39 Å². The molecule has 0 saturated heterocycles. The molecule has 0 atom stereocenters. The molecular weight excluding hydrogens is 415 g/mol. The first-order valence-electron chi connectivity index (χ1n) is 9.81. The molecule has 0 aliphatic carbocycles. The molecule has 2 amide bonds. The van der Waals surface area contributed by atoms with Gasteiger partial charge in [0.15, 0.2) is 0 Å². The van der Waals surface area contributed by atoms with Gasteiger partial charge >= 0.3 is 0 Å². The second kappa shape index (κ2) is 8.69. The molecule has 158 valence electrons. The summed E-state index contributed by atoms with van der Waals surface area (Å²) in [6, 6.07) is 15.6. The SMILES string of the molecule is Cc1cc(C(=O)NNC(=O)CCc2nc3ccccc3s2)c(C)n1-c1ccc(F)cc1. The summed E-state index contributed by atoms with van der Waals surface area (Å²) in [5, 5.41) is 0.880. The Morgan fingerprint density at radius 3 is 2.55 bits per heavy atom. The fourth-order valence-electron chi connectivity index (χ4n) is 3.48. The van der Waals surface area contributed by atoms with Crippen molar-refractivity contribution >= 4 is 33.4 Å². The standard InChI is InChI=1S/C23H21FN4O2S/c1-14-13-18(15(2)28(14)17-9-7-16(24)8-10-17)23(30)27-26-21(29)11-12-22-25-19-5-3-4-6-20(19)31-22/h3-10,13H,11-12H2,1-2H3,(H,26,29)(H,27,30). The Labute approximate surface area is 182 Å². The van der Waals surface area contributed by atoms with Crippen LogP contribution in [0.25, 0.3) is 15.9 Å². The summed E-state index contributed by atoms with van der Waals surface area (Å²) in [6.45, 7) is 3.67. The van der Waals surface area contributed by atoms with E-state index in [0.29, 0.717) is 17.7 Å². The minimum absolute atomic E-state index is 0.217. The topological polar surface area (TPSA) is 76.0 Å². The first kappa shape index (κ1) is 20.7. The first-order chi connectivity index (χ1) is 14.9. The number of fused-ring (bicyclic) bond motifs is 1. The number of amides is 2. The van der Waals surface area contributed by atoms with E-state index in [1.807, 2.05) is 35.8 Å². The average Bonchev–Trinajstić information content (AvgIpc) is 3.31. The number of halogens is 1. The average molecular weight is 437 g/mol. The molecule has 2 aromatic heterocycles. The quantitative estimate of drug-likeness (QED) is 0.460.